The summed E-state index contributed by atoms with van der Waals surface area (Å²) in [7, 11) is 0. The minimum Gasteiger partial charge on any atom is -0.353 e. The molecule has 0 saturated carbocycles. The third-order valence-electron chi connectivity index (χ3n) is 5.89. The lowest BCUT2D eigenvalue weighted by molar-refractivity contribution is 0.562. The Hall–Kier alpha value is -3.23. The molecule has 1 fully saturated rings. The molecule has 0 unspecified atom stereocenters. The predicted octanol–water partition coefficient (Wildman–Crippen LogP) is 2.41. The molecule has 0 N–H and O–H groups in total. The van der Waals surface area contributed by atoms with Crippen molar-refractivity contribution >= 4 is 22.9 Å². The third-order valence-corrected chi connectivity index (χ3v) is 5.89. The molecule has 4 aromatic heterocycles. The second-order valence-electron chi connectivity index (χ2n) is 8.95. The first-order chi connectivity index (χ1) is 14.3. The highest BCUT2D eigenvalue weighted by Gasteiger charge is 2.26. The average Bonchev–Trinajstić information content (AvgIpc) is 3.35. The van der Waals surface area contributed by atoms with Crippen LogP contribution >= 0.6 is 0 Å². The summed E-state index contributed by atoms with van der Waals surface area (Å²) in [5.41, 5.74) is 4.28. The van der Waals surface area contributed by atoms with Gasteiger partial charge in [-0.3, -0.25) is 0 Å². The number of rotatable bonds is 2. The average molecular weight is 406 g/mol. The van der Waals surface area contributed by atoms with Crippen LogP contribution in [0.4, 0.5) is 11.6 Å². The van der Waals surface area contributed by atoms with Crippen molar-refractivity contribution in [3.05, 3.63) is 41.7 Å². The molecule has 0 spiro atoms. The number of piperazine rings is 1. The fraction of sp³-hybridized carbons (Fsp3) is 0.476. The molecule has 5 heterocycles. The zero-order valence-electron chi connectivity index (χ0n) is 18.2. The Labute approximate surface area is 175 Å². The van der Waals surface area contributed by atoms with Crippen molar-refractivity contribution in [1.82, 2.24) is 34.2 Å². The van der Waals surface area contributed by atoms with Crippen LogP contribution < -0.4 is 9.80 Å². The van der Waals surface area contributed by atoms with Gasteiger partial charge in [-0.2, -0.15) is 19.7 Å². The van der Waals surface area contributed by atoms with Gasteiger partial charge in [0.25, 0.3) is 5.78 Å². The second kappa shape index (κ2) is 6.65. The van der Waals surface area contributed by atoms with Gasteiger partial charge in [0.05, 0.1) is 5.69 Å². The van der Waals surface area contributed by atoms with E-state index in [9.17, 15) is 0 Å². The van der Waals surface area contributed by atoms with Crippen LogP contribution in [0.3, 0.4) is 0 Å². The zero-order valence-corrected chi connectivity index (χ0v) is 18.2. The van der Waals surface area contributed by atoms with E-state index in [4.69, 9.17) is 10.1 Å². The van der Waals surface area contributed by atoms with Gasteiger partial charge in [-0.15, -0.1) is 0 Å². The van der Waals surface area contributed by atoms with Crippen molar-refractivity contribution < 1.29 is 0 Å². The molecular weight excluding hydrogens is 378 g/mol. The van der Waals surface area contributed by atoms with Gasteiger partial charge in [0.1, 0.15) is 17.7 Å². The first kappa shape index (κ1) is 18.8. The Bertz CT molecular complexity index is 1220. The number of hydrogen-bond acceptors (Lipinski definition) is 7. The fourth-order valence-electron chi connectivity index (χ4n) is 4.04. The number of hydrogen-bond donors (Lipinski definition) is 0. The quantitative estimate of drug-likeness (QED) is 0.507. The smallest absolute Gasteiger partial charge is 0.254 e. The molecule has 0 radical (unpaired) electrons. The fourth-order valence-corrected chi connectivity index (χ4v) is 4.04. The molecule has 0 bridgehead atoms. The molecule has 0 aliphatic carbocycles. The summed E-state index contributed by atoms with van der Waals surface area (Å²) in [6, 6.07) is 2.17. The maximum absolute atomic E-state index is 4.77. The minimum absolute atomic E-state index is 0.00188. The number of nitrogens with zero attached hydrogens (tertiary/aromatic N) is 9. The Morgan fingerprint density at radius 2 is 1.70 bits per heavy atom. The van der Waals surface area contributed by atoms with Crippen molar-refractivity contribution in [2.24, 2.45) is 0 Å². The van der Waals surface area contributed by atoms with Gasteiger partial charge in [-0.25, -0.2) is 14.5 Å². The summed E-state index contributed by atoms with van der Waals surface area (Å²) in [6.45, 7) is 14.2. The summed E-state index contributed by atoms with van der Waals surface area (Å²) in [5.74, 6) is 2.73. The molecule has 1 aliphatic rings. The maximum Gasteiger partial charge on any atom is 0.254 e. The van der Waals surface area contributed by atoms with Crippen LogP contribution in [0.15, 0.2) is 24.8 Å². The zero-order chi connectivity index (χ0) is 21.0. The number of aryl methyl sites for hydroxylation is 1. The first-order valence-electron chi connectivity index (χ1n) is 10.3. The van der Waals surface area contributed by atoms with Gasteiger partial charge >= 0.3 is 0 Å². The first-order valence-corrected chi connectivity index (χ1v) is 10.3. The molecule has 0 amide bonds. The minimum atomic E-state index is 0.00188. The van der Waals surface area contributed by atoms with Crippen LogP contribution in [0.2, 0.25) is 0 Å². The topological polar surface area (TPSA) is 79.8 Å². The number of fused-ring (bicyclic) bond motifs is 2. The second-order valence-corrected chi connectivity index (χ2v) is 8.95. The van der Waals surface area contributed by atoms with Crippen molar-refractivity contribution in [1.29, 1.82) is 0 Å². The highest BCUT2D eigenvalue weighted by atomic mass is 15.4. The lowest BCUT2D eigenvalue weighted by atomic mass is 9.92. The van der Waals surface area contributed by atoms with Crippen molar-refractivity contribution in [3.8, 4) is 0 Å². The van der Waals surface area contributed by atoms with Crippen molar-refractivity contribution in [2.75, 3.05) is 36.0 Å². The number of aromatic nitrogens is 7. The largest absolute Gasteiger partial charge is 0.353 e. The molecule has 1 saturated heterocycles. The lowest BCUT2D eigenvalue weighted by Crippen LogP contribution is -2.48. The number of anilines is 2. The van der Waals surface area contributed by atoms with Crippen LogP contribution in [-0.4, -0.2) is 60.4 Å². The molecule has 156 valence electrons. The molecule has 4 aromatic rings. The monoisotopic (exact) mass is 405 g/mol. The lowest BCUT2D eigenvalue weighted by Gasteiger charge is -2.37. The molecule has 0 aromatic carbocycles. The Morgan fingerprint density at radius 1 is 0.967 bits per heavy atom. The standard InChI is InChI=1S/C21H27N9/c1-14-15(2)25-20-23-13-24-30(20)19(14)28-10-8-27(9-11-28)18-16-12-17(21(3,4)5)26-29(16)7-6-22-18/h6-7,12-13H,8-11H2,1-5H3. The Morgan fingerprint density at radius 3 is 2.43 bits per heavy atom. The van der Waals surface area contributed by atoms with Crippen molar-refractivity contribution in [2.45, 2.75) is 40.0 Å². The summed E-state index contributed by atoms with van der Waals surface area (Å²) in [4.78, 5) is 18.3. The van der Waals surface area contributed by atoms with Crippen LogP contribution in [0, 0.1) is 13.8 Å². The molecule has 1 aliphatic heterocycles. The van der Waals surface area contributed by atoms with Crippen molar-refractivity contribution in [3.63, 3.8) is 0 Å². The van der Waals surface area contributed by atoms with E-state index in [1.54, 1.807) is 6.33 Å². The van der Waals surface area contributed by atoms with Gasteiger partial charge < -0.3 is 9.80 Å². The highest BCUT2D eigenvalue weighted by Crippen LogP contribution is 2.28. The van der Waals surface area contributed by atoms with Crippen LogP contribution in [0.5, 0.6) is 0 Å². The molecular formula is C21H27N9. The van der Waals surface area contributed by atoms with E-state index in [2.05, 4.69) is 58.6 Å². The van der Waals surface area contributed by atoms with E-state index in [1.807, 2.05) is 28.3 Å². The van der Waals surface area contributed by atoms with E-state index in [1.165, 1.54) is 0 Å². The van der Waals surface area contributed by atoms with Gasteiger partial charge in [0.2, 0.25) is 0 Å². The molecule has 9 nitrogen and oxygen atoms in total. The van der Waals surface area contributed by atoms with Gasteiger partial charge in [-0.05, 0) is 19.9 Å². The highest BCUT2D eigenvalue weighted by molar-refractivity contribution is 5.70. The summed E-state index contributed by atoms with van der Waals surface area (Å²) >= 11 is 0. The molecule has 0 atom stereocenters. The van der Waals surface area contributed by atoms with E-state index in [0.717, 1.165) is 60.3 Å². The Kier molecular flexibility index (Phi) is 4.16. The van der Waals surface area contributed by atoms with E-state index in [0.29, 0.717) is 5.78 Å². The summed E-state index contributed by atoms with van der Waals surface area (Å²) in [6.07, 6.45) is 5.33. The molecule has 30 heavy (non-hydrogen) atoms. The predicted molar refractivity (Wildman–Crippen MR) is 116 cm³/mol. The van der Waals surface area contributed by atoms with Gasteiger partial charge in [-0.1, -0.05) is 20.8 Å². The normalized spacial score (nSPS) is 15.5. The van der Waals surface area contributed by atoms with Crippen LogP contribution in [-0.2, 0) is 5.41 Å². The van der Waals surface area contributed by atoms with E-state index >= 15 is 0 Å². The van der Waals surface area contributed by atoms with Crippen LogP contribution in [0.1, 0.15) is 37.7 Å². The summed E-state index contributed by atoms with van der Waals surface area (Å²) < 4.78 is 3.80. The third kappa shape index (κ3) is 2.96. The van der Waals surface area contributed by atoms with E-state index in [-0.39, 0.29) is 5.41 Å². The maximum atomic E-state index is 4.77. The molecule has 5 rings (SSSR count). The Balaban J connectivity index is 1.44. The van der Waals surface area contributed by atoms with E-state index < -0.39 is 0 Å². The summed E-state index contributed by atoms with van der Waals surface area (Å²) in [5, 5.41) is 9.17. The molecule has 9 heteroatoms. The van der Waals surface area contributed by atoms with Gasteiger partial charge in [0, 0.05) is 55.2 Å². The SMILES string of the molecule is Cc1nc2ncnn2c(N2CCN(c3nccn4nc(C(C)(C)C)cc34)CC2)c1C. The van der Waals surface area contributed by atoms with Crippen LogP contribution in [0.25, 0.3) is 11.3 Å². The van der Waals surface area contributed by atoms with Gasteiger partial charge in [0.15, 0.2) is 5.82 Å².